The zero-order valence-corrected chi connectivity index (χ0v) is 18.1. The third-order valence-electron chi connectivity index (χ3n) is 6.05. The van der Waals surface area contributed by atoms with Crippen LogP contribution in [0.1, 0.15) is 36.8 Å². The number of hydrogen-bond acceptors (Lipinski definition) is 3. The lowest BCUT2D eigenvalue weighted by Gasteiger charge is -2.16. The molecule has 0 spiro atoms. The molecule has 0 saturated heterocycles. The number of nitrogens with zero attached hydrogens (tertiary/aromatic N) is 1. The minimum absolute atomic E-state index is 0.103. The van der Waals surface area contributed by atoms with Crippen LogP contribution in [0.15, 0.2) is 71.7 Å². The van der Waals surface area contributed by atoms with E-state index >= 15 is 0 Å². The third-order valence-corrected chi connectivity index (χ3v) is 6.05. The van der Waals surface area contributed by atoms with Crippen molar-refractivity contribution in [1.82, 2.24) is 0 Å². The van der Waals surface area contributed by atoms with Gasteiger partial charge >= 0.3 is 5.97 Å². The number of aliphatic carboxylic acids is 1. The molecule has 0 bridgehead atoms. The van der Waals surface area contributed by atoms with Crippen LogP contribution in [0.4, 0.5) is 14.5 Å². The van der Waals surface area contributed by atoms with Gasteiger partial charge in [0.1, 0.15) is 17.4 Å². The second-order valence-electron chi connectivity index (χ2n) is 8.36. The van der Waals surface area contributed by atoms with E-state index in [1.54, 1.807) is 25.1 Å². The zero-order valence-electron chi connectivity index (χ0n) is 18.1. The van der Waals surface area contributed by atoms with Crippen molar-refractivity contribution in [1.29, 1.82) is 0 Å². The highest BCUT2D eigenvalue weighted by Gasteiger charge is 2.28. The molecule has 2 atom stereocenters. The summed E-state index contributed by atoms with van der Waals surface area (Å²) in [4.78, 5) is 29.1. The van der Waals surface area contributed by atoms with Crippen molar-refractivity contribution in [2.45, 2.75) is 32.1 Å². The van der Waals surface area contributed by atoms with Crippen LogP contribution < -0.4 is 0 Å². The molecule has 1 aliphatic rings. The Morgan fingerprint density at radius 1 is 1.03 bits per heavy atom. The molecule has 3 aromatic carbocycles. The van der Waals surface area contributed by atoms with E-state index in [2.05, 4.69) is 4.99 Å². The highest BCUT2D eigenvalue weighted by atomic mass is 19.1. The van der Waals surface area contributed by atoms with Gasteiger partial charge in [-0.3, -0.25) is 14.6 Å². The minimum atomic E-state index is -1.09. The zero-order chi connectivity index (χ0) is 23.5. The number of rotatable bonds is 8. The number of carbonyl (C=O) groups is 2. The number of ketones is 1. The van der Waals surface area contributed by atoms with Crippen molar-refractivity contribution >= 4 is 23.2 Å². The first-order valence-corrected chi connectivity index (χ1v) is 10.8. The van der Waals surface area contributed by atoms with Gasteiger partial charge in [0.25, 0.3) is 0 Å². The fourth-order valence-electron chi connectivity index (χ4n) is 4.14. The average molecular weight is 447 g/mol. The highest BCUT2D eigenvalue weighted by Crippen LogP contribution is 2.31. The summed E-state index contributed by atoms with van der Waals surface area (Å²) in [5.41, 5.74) is 3.64. The molecule has 33 heavy (non-hydrogen) atoms. The lowest BCUT2D eigenvalue weighted by atomic mass is 9.87. The van der Waals surface area contributed by atoms with Crippen LogP contribution in [-0.4, -0.2) is 22.6 Å². The van der Waals surface area contributed by atoms with Crippen LogP contribution in [-0.2, 0) is 16.0 Å². The van der Waals surface area contributed by atoms with Crippen molar-refractivity contribution in [3.8, 4) is 11.1 Å². The second-order valence-corrected chi connectivity index (χ2v) is 8.36. The molecule has 0 aliphatic carbocycles. The molecule has 0 amide bonds. The van der Waals surface area contributed by atoms with Gasteiger partial charge in [0.15, 0.2) is 0 Å². The van der Waals surface area contributed by atoms with E-state index in [1.165, 1.54) is 18.2 Å². The van der Waals surface area contributed by atoms with Gasteiger partial charge in [-0.2, -0.15) is 0 Å². The summed E-state index contributed by atoms with van der Waals surface area (Å²) in [5, 5.41) is 9.68. The third kappa shape index (κ3) is 5.06. The smallest absolute Gasteiger partial charge is 0.307 e. The van der Waals surface area contributed by atoms with Crippen LogP contribution in [0, 0.1) is 17.6 Å². The average Bonchev–Trinajstić information content (AvgIpc) is 3.20. The number of carboxylic acid groups (broad SMARTS) is 1. The van der Waals surface area contributed by atoms with E-state index in [0.29, 0.717) is 34.5 Å². The van der Waals surface area contributed by atoms with Gasteiger partial charge in [0.05, 0.1) is 11.6 Å². The second kappa shape index (κ2) is 9.45. The Hall–Kier alpha value is -3.67. The van der Waals surface area contributed by atoms with E-state index in [1.807, 2.05) is 30.3 Å². The summed E-state index contributed by atoms with van der Waals surface area (Å²) in [6.45, 7) is 1.66. The van der Waals surface area contributed by atoms with Crippen molar-refractivity contribution in [2.24, 2.45) is 10.9 Å². The number of carboxylic acids is 1. The SMILES string of the molecule is CC(C(=O)C[C@H](CC1=Nc2ccc(F)cc2C1)C(=O)O)c1ccc(-c2ccccc2)c(F)c1. The standard InChI is InChI=1S/C27H23F2NO3/c1-16(18-7-9-23(24(29)14-18)17-5-3-2-4-6-17)26(31)15-20(27(32)33)13-22-12-19-11-21(28)8-10-25(19)30-22/h2-11,14,16,20H,12-13,15H2,1H3,(H,32,33)/t16?,20-/m0/s1. The number of aliphatic imine (C=N–C) groups is 1. The van der Waals surface area contributed by atoms with Crippen molar-refractivity contribution in [2.75, 3.05) is 0 Å². The fourth-order valence-corrected chi connectivity index (χ4v) is 4.14. The first-order valence-electron chi connectivity index (χ1n) is 10.8. The summed E-state index contributed by atoms with van der Waals surface area (Å²) >= 11 is 0. The Balaban J connectivity index is 1.45. The van der Waals surface area contributed by atoms with Gasteiger partial charge in [-0.15, -0.1) is 0 Å². The molecule has 0 radical (unpaired) electrons. The minimum Gasteiger partial charge on any atom is -0.481 e. The van der Waals surface area contributed by atoms with Gasteiger partial charge in [-0.1, -0.05) is 49.4 Å². The van der Waals surface area contributed by atoms with E-state index < -0.39 is 23.6 Å². The first kappa shape index (κ1) is 22.5. The molecule has 4 nitrogen and oxygen atoms in total. The summed E-state index contributed by atoms with van der Waals surface area (Å²) in [6, 6.07) is 18.1. The van der Waals surface area contributed by atoms with Gasteiger partial charge in [0, 0.05) is 30.0 Å². The number of fused-ring (bicyclic) bond motifs is 1. The van der Waals surface area contributed by atoms with E-state index in [0.717, 1.165) is 5.56 Å². The van der Waals surface area contributed by atoms with Crippen molar-refractivity contribution in [3.05, 3.63) is 89.5 Å². The first-order chi connectivity index (χ1) is 15.8. The molecule has 6 heteroatoms. The number of halogens is 2. The van der Waals surface area contributed by atoms with Crippen molar-refractivity contribution < 1.29 is 23.5 Å². The van der Waals surface area contributed by atoms with Crippen LogP contribution in [0.5, 0.6) is 0 Å². The maximum absolute atomic E-state index is 14.7. The van der Waals surface area contributed by atoms with Crippen molar-refractivity contribution in [3.63, 3.8) is 0 Å². The van der Waals surface area contributed by atoms with Crippen LogP contribution in [0.25, 0.3) is 11.1 Å². The van der Waals surface area contributed by atoms with Crippen LogP contribution in [0.2, 0.25) is 0 Å². The number of hydrogen-bond donors (Lipinski definition) is 1. The number of carbonyl (C=O) groups excluding carboxylic acids is 1. The molecule has 1 unspecified atom stereocenters. The van der Waals surface area contributed by atoms with Gasteiger partial charge in [-0.05, 0) is 47.4 Å². The normalized spacial score (nSPS) is 14.3. The molecule has 1 heterocycles. The Morgan fingerprint density at radius 2 is 1.79 bits per heavy atom. The fraction of sp³-hybridized carbons (Fsp3) is 0.222. The van der Waals surface area contributed by atoms with Gasteiger partial charge < -0.3 is 5.11 Å². The Kier molecular flexibility index (Phi) is 6.45. The molecular weight excluding hydrogens is 424 g/mol. The largest absolute Gasteiger partial charge is 0.481 e. The number of benzene rings is 3. The Labute approximate surface area is 190 Å². The van der Waals surface area contributed by atoms with E-state index in [-0.39, 0.29) is 24.4 Å². The quantitative estimate of drug-likeness (QED) is 0.453. The molecule has 0 aromatic heterocycles. The molecule has 1 aliphatic heterocycles. The summed E-state index contributed by atoms with van der Waals surface area (Å²) in [5.74, 6) is -3.77. The molecule has 1 N–H and O–H groups in total. The molecule has 0 fully saturated rings. The maximum atomic E-state index is 14.7. The molecule has 3 aromatic rings. The predicted octanol–water partition coefficient (Wildman–Crippen LogP) is 6.11. The topological polar surface area (TPSA) is 66.7 Å². The van der Waals surface area contributed by atoms with Crippen LogP contribution >= 0.6 is 0 Å². The molecular formula is C27H23F2NO3. The molecule has 4 rings (SSSR count). The Bertz CT molecular complexity index is 1240. The van der Waals surface area contributed by atoms with E-state index in [4.69, 9.17) is 0 Å². The van der Waals surface area contributed by atoms with Gasteiger partial charge in [0.2, 0.25) is 0 Å². The summed E-state index contributed by atoms with van der Waals surface area (Å²) in [7, 11) is 0. The lowest BCUT2D eigenvalue weighted by Crippen LogP contribution is -2.23. The monoisotopic (exact) mass is 447 g/mol. The summed E-state index contributed by atoms with van der Waals surface area (Å²) in [6.07, 6.45) is 0.278. The predicted molar refractivity (Wildman–Crippen MR) is 123 cm³/mol. The lowest BCUT2D eigenvalue weighted by molar-refractivity contribution is -0.143. The Morgan fingerprint density at radius 3 is 2.48 bits per heavy atom. The van der Waals surface area contributed by atoms with Gasteiger partial charge in [-0.25, -0.2) is 8.78 Å². The highest BCUT2D eigenvalue weighted by molar-refractivity contribution is 5.97. The molecule has 168 valence electrons. The van der Waals surface area contributed by atoms with Crippen LogP contribution in [0.3, 0.4) is 0 Å². The molecule has 0 saturated carbocycles. The van der Waals surface area contributed by atoms with E-state index in [9.17, 15) is 23.5 Å². The number of Topliss-reactive ketones (excluding diaryl/α,β-unsaturated/α-hetero) is 1. The summed E-state index contributed by atoms with van der Waals surface area (Å²) < 4.78 is 28.2. The maximum Gasteiger partial charge on any atom is 0.307 e.